The third kappa shape index (κ3) is 6.32. The highest BCUT2D eigenvalue weighted by Gasteiger charge is 2.39. The average molecular weight is 500 g/mol. The number of carbonyl (C=O) groups is 1. The zero-order valence-electron chi connectivity index (χ0n) is 16.8. The molecule has 1 saturated heterocycles. The van der Waals surface area contributed by atoms with Crippen LogP contribution in [0.2, 0.25) is 0 Å². The number of esters is 1. The summed E-state index contributed by atoms with van der Waals surface area (Å²) in [5, 5.41) is 0. The number of halogens is 1. The second-order valence-corrected chi connectivity index (χ2v) is 7.80. The predicted octanol–water partition coefficient (Wildman–Crippen LogP) is 4.86. The molecule has 2 rings (SSSR count). The van der Waals surface area contributed by atoms with Crippen LogP contribution in [0.4, 0.5) is 0 Å². The molecule has 0 aliphatic carbocycles. The molecule has 28 heavy (non-hydrogen) atoms. The van der Waals surface area contributed by atoms with Gasteiger partial charge >= 0.3 is 5.97 Å². The van der Waals surface area contributed by atoms with E-state index < -0.39 is 6.29 Å². The van der Waals surface area contributed by atoms with Gasteiger partial charge in [-0.2, -0.15) is 0 Å². The van der Waals surface area contributed by atoms with Crippen molar-refractivity contribution in [2.45, 2.75) is 38.8 Å². The Balaban J connectivity index is 2.12. The van der Waals surface area contributed by atoms with E-state index in [-0.39, 0.29) is 24.1 Å². The Hall–Kier alpha value is -1.38. The van der Waals surface area contributed by atoms with Crippen molar-refractivity contribution >= 4 is 28.6 Å². The minimum atomic E-state index is -0.401. The number of ether oxygens (including phenoxy) is 4. The number of benzene rings is 1. The average Bonchev–Trinajstić information content (AvgIpc) is 2.73. The second-order valence-electron chi connectivity index (χ2n) is 6.92. The standard InChI is InChI=1S/C22H29IO5/c1-15(14-23)21-16(2)19(8-6-5-7-9-20(24)26-4)27-22(28-21)17-10-12-18(25-3)13-11-17/h5-7,9-13,15-16,19,21-22H,8,14H2,1-4H3/b6-5+,9-7+/t15-,16-,19-,21-,22+/m1/s1. The highest BCUT2D eigenvalue weighted by atomic mass is 127. The van der Waals surface area contributed by atoms with Crippen molar-refractivity contribution in [2.24, 2.45) is 11.8 Å². The molecule has 1 aromatic carbocycles. The summed E-state index contributed by atoms with van der Waals surface area (Å²) in [6.45, 7) is 4.40. The highest BCUT2D eigenvalue weighted by Crippen LogP contribution is 2.38. The Kier molecular flexibility index (Phi) is 9.47. The quantitative estimate of drug-likeness (QED) is 0.168. The normalized spacial score (nSPS) is 26.5. The Bertz CT molecular complexity index is 670. The van der Waals surface area contributed by atoms with Gasteiger partial charge < -0.3 is 18.9 Å². The van der Waals surface area contributed by atoms with Gasteiger partial charge in [-0.1, -0.05) is 66.8 Å². The molecule has 1 aromatic rings. The minimum Gasteiger partial charge on any atom is -0.497 e. The monoisotopic (exact) mass is 500 g/mol. The molecule has 1 aliphatic rings. The van der Waals surface area contributed by atoms with E-state index in [4.69, 9.17) is 14.2 Å². The van der Waals surface area contributed by atoms with E-state index in [1.54, 1.807) is 13.2 Å². The minimum absolute atomic E-state index is 0.0269. The fourth-order valence-electron chi connectivity index (χ4n) is 3.21. The predicted molar refractivity (Wildman–Crippen MR) is 118 cm³/mol. The molecule has 1 heterocycles. The van der Waals surface area contributed by atoms with Gasteiger partial charge in [-0.3, -0.25) is 0 Å². The van der Waals surface area contributed by atoms with Crippen LogP contribution in [0.15, 0.2) is 48.6 Å². The molecule has 1 fully saturated rings. The van der Waals surface area contributed by atoms with E-state index in [0.717, 1.165) is 22.2 Å². The van der Waals surface area contributed by atoms with Crippen molar-refractivity contribution in [3.63, 3.8) is 0 Å². The fourth-order valence-corrected chi connectivity index (χ4v) is 3.72. The summed E-state index contributed by atoms with van der Waals surface area (Å²) in [6, 6.07) is 7.81. The van der Waals surface area contributed by atoms with Crippen molar-refractivity contribution < 1.29 is 23.7 Å². The van der Waals surface area contributed by atoms with Crippen LogP contribution in [-0.2, 0) is 19.0 Å². The summed E-state index contributed by atoms with van der Waals surface area (Å²) < 4.78 is 23.5. The van der Waals surface area contributed by atoms with Crippen molar-refractivity contribution in [1.82, 2.24) is 0 Å². The summed E-state index contributed by atoms with van der Waals surface area (Å²) in [7, 11) is 3.01. The lowest BCUT2D eigenvalue weighted by Crippen LogP contribution is -2.44. The first kappa shape index (κ1) is 22.9. The largest absolute Gasteiger partial charge is 0.497 e. The number of carbonyl (C=O) groups excluding carboxylic acids is 1. The van der Waals surface area contributed by atoms with Crippen LogP contribution < -0.4 is 4.74 Å². The molecule has 0 N–H and O–H groups in total. The second kappa shape index (κ2) is 11.6. The number of allylic oxidation sites excluding steroid dienone is 2. The Morgan fingerprint density at radius 2 is 1.93 bits per heavy atom. The topological polar surface area (TPSA) is 54.0 Å². The first-order valence-corrected chi connectivity index (χ1v) is 10.9. The summed E-state index contributed by atoms with van der Waals surface area (Å²) in [5.41, 5.74) is 0.984. The molecule has 0 aromatic heterocycles. The highest BCUT2D eigenvalue weighted by molar-refractivity contribution is 14.1. The van der Waals surface area contributed by atoms with Crippen LogP contribution in [0, 0.1) is 11.8 Å². The van der Waals surface area contributed by atoms with E-state index in [2.05, 4.69) is 41.2 Å². The zero-order valence-corrected chi connectivity index (χ0v) is 19.0. The third-order valence-electron chi connectivity index (χ3n) is 4.93. The molecule has 0 bridgehead atoms. The maximum Gasteiger partial charge on any atom is 0.330 e. The lowest BCUT2D eigenvalue weighted by atomic mass is 9.87. The molecular weight excluding hydrogens is 471 g/mol. The molecule has 0 saturated carbocycles. The molecule has 1 aliphatic heterocycles. The SMILES string of the molecule is COC(=O)/C=C/C=C/C[C@H]1O[C@H](c2ccc(OC)cc2)O[C@H]([C@H](C)CI)[C@@H]1C. The molecular formula is C22H29IO5. The first-order chi connectivity index (χ1) is 13.5. The number of hydrogen-bond acceptors (Lipinski definition) is 5. The van der Waals surface area contributed by atoms with Gasteiger partial charge in [0.05, 0.1) is 26.4 Å². The molecule has 6 heteroatoms. The Morgan fingerprint density at radius 3 is 2.54 bits per heavy atom. The number of methoxy groups -OCH3 is 2. The first-order valence-electron chi connectivity index (χ1n) is 9.42. The van der Waals surface area contributed by atoms with Gasteiger partial charge in [0.2, 0.25) is 0 Å². The Morgan fingerprint density at radius 1 is 1.21 bits per heavy atom. The fraction of sp³-hybridized carbons (Fsp3) is 0.500. The van der Waals surface area contributed by atoms with Crippen molar-refractivity contribution in [1.29, 1.82) is 0 Å². The number of alkyl halides is 1. The zero-order chi connectivity index (χ0) is 20.5. The van der Waals surface area contributed by atoms with Gasteiger partial charge in [-0.15, -0.1) is 0 Å². The summed E-state index contributed by atoms with van der Waals surface area (Å²) in [6.07, 6.45) is 7.42. The lowest BCUT2D eigenvalue weighted by Gasteiger charge is -2.43. The van der Waals surface area contributed by atoms with Gasteiger partial charge in [0, 0.05) is 22.0 Å². The van der Waals surface area contributed by atoms with Crippen LogP contribution in [-0.4, -0.2) is 36.8 Å². The van der Waals surface area contributed by atoms with E-state index in [1.165, 1.54) is 13.2 Å². The molecule has 5 atom stereocenters. The van der Waals surface area contributed by atoms with Gasteiger partial charge in [0.15, 0.2) is 6.29 Å². The van der Waals surface area contributed by atoms with Crippen LogP contribution in [0.25, 0.3) is 0 Å². The van der Waals surface area contributed by atoms with Crippen LogP contribution in [0.5, 0.6) is 5.75 Å². The smallest absolute Gasteiger partial charge is 0.330 e. The van der Waals surface area contributed by atoms with Crippen LogP contribution in [0.1, 0.15) is 32.1 Å². The summed E-state index contributed by atoms with van der Waals surface area (Å²) in [5.74, 6) is 1.12. The lowest BCUT2D eigenvalue weighted by molar-refractivity contribution is -0.278. The number of hydrogen-bond donors (Lipinski definition) is 0. The van der Waals surface area contributed by atoms with E-state index in [9.17, 15) is 4.79 Å². The maximum atomic E-state index is 11.1. The van der Waals surface area contributed by atoms with Crippen molar-refractivity contribution in [3.8, 4) is 5.75 Å². The Labute approximate surface area is 181 Å². The van der Waals surface area contributed by atoms with E-state index >= 15 is 0 Å². The molecule has 0 unspecified atom stereocenters. The van der Waals surface area contributed by atoms with Gasteiger partial charge in [0.25, 0.3) is 0 Å². The number of rotatable bonds is 8. The van der Waals surface area contributed by atoms with E-state index in [1.807, 2.05) is 36.4 Å². The van der Waals surface area contributed by atoms with E-state index in [0.29, 0.717) is 5.92 Å². The van der Waals surface area contributed by atoms with Crippen LogP contribution in [0.3, 0.4) is 0 Å². The van der Waals surface area contributed by atoms with Gasteiger partial charge in [0.1, 0.15) is 5.75 Å². The molecule has 0 amide bonds. The van der Waals surface area contributed by atoms with Gasteiger partial charge in [-0.05, 0) is 24.5 Å². The van der Waals surface area contributed by atoms with Crippen molar-refractivity contribution in [3.05, 3.63) is 54.1 Å². The van der Waals surface area contributed by atoms with Crippen molar-refractivity contribution in [2.75, 3.05) is 18.6 Å². The third-order valence-corrected chi connectivity index (χ3v) is 6.31. The molecule has 0 radical (unpaired) electrons. The summed E-state index contributed by atoms with van der Waals surface area (Å²) >= 11 is 2.41. The van der Waals surface area contributed by atoms with Gasteiger partial charge in [-0.25, -0.2) is 4.79 Å². The molecule has 154 valence electrons. The molecule has 0 spiro atoms. The molecule has 5 nitrogen and oxygen atoms in total. The van der Waals surface area contributed by atoms with Crippen LogP contribution >= 0.6 is 22.6 Å². The maximum absolute atomic E-state index is 11.1. The summed E-state index contributed by atoms with van der Waals surface area (Å²) in [4.78, 5) is 11.1.